The third kappa shape index (κ3) is 4.43. The van der Waals surface area contributed by atoms with E-state index >= 15 is 0 Å². The van der Waals surface area contributed by atoms with Crippen molar-refractivity contribution in [3.05, 3.63) is 113 Å². The minimum absolute atomic E-state index is 0.0427. The number of nitrogens with zero attached hydrogens (tertiary/aromatic N) is 3. The van der Waals surface area contributed by atoms with Gasteiger partial charge in [0, 0.05) is 35.0 Å². The number of nitro groups is 1. The number of methoxy groups -OCH3 is 1. The van der Waals surface area contributed by atoms with Crippen LogP contribution in [0.4, 0.5) is 5.69 Å². The van der Waals surface area contributed by atoms with Crippen LogP contribution in [0.5, 0.6) is 5.75 Å². The summed E-state index contributed by atoms with van der Waals surface area (Å²) in [5, 5.41) is 11.1. The summed E-state index contributed by atoms with van der Waals surface area (Å²) in [6.45, 7) is 3.24. The van der Waals surface area contributed by atoms with E-state index < -0.39 is 11.0 Å². The van der Waals surface area contributed by atoms with Gasteiger partial charge >= 0.3 is 0 Å². The van der Waals surface area contributed by atoms with Crippen LogP contribution in [0, 0.1) is 10.1 Å². The van der Waals surface area contributed by atoms with Gasteiger partial charge in [0.05, 0.1) is 22.6 Å². The molecule has 0 saturated heterocycles. The molecule has 10 heteroatoms. The summed E-state index contributed by atoms with van der Waals surface area (Å²) in [6, 6.07) is 16.1. The van der Waals surface area contributed by atoms with E-state index in [0.717, 1.165) is 5.56 Å². The molecule has 0 saturated carbocycles. The molecular formula is C27H21N3O6S. The van der Waals surface area contributed by atoms with Gasteiger partial charge in [0.2, 0.25) is 0 Å². The van der Waals surface area contributed by atoms with Gasteiger partial charge in [-0.25, -0.2) is 4.99 Å². The number of nitro benzene ring substituents is 1. The lowest BCUT2D eigenvalue weighted by Gasteiger charge is -2.24. The molecule has 37 heavy (non-hydrogen) atoms. The van der Waals surface area contributed by atoms with Crippen LogP contribution in [-0.2, 0) is 4.79 Å². The number of aromatic nitrogens is 1. The Balaban J connectivity index is 1.61. The minimum atomic E-state index is -0.626. The molecule has 3 heterocycles. The van der Waals surface area contributed by atoms with Crippen LogP contribution in [0.1, 0.15) is 31.2 Å². The first-order valence-corrected chi connectivity index (χ1v) is 12.1. The van der Waals surface area contributed by atoms with Gasteiger partial charge in [0.25, 0.3) is 11.2 Å². The van der Waals surface area contributed by atoms with Crippen LogP contribution < -0.4 is 19.6 Å². The Labute approximate surface area is 214 Å². The molecule has 1 aliphatic rings. The third-order valence-electron chi connectivity index (χ3n) is 6.07. The maximum Gasteiger partial charge on any atom is 0.271 e. The number of thiazole rings is 1. The molecule has 0 bridgehead atoms. The van der Waals surface area contributed by atoms with Gasteiger partial charge < -0.3 is 9.15 Å². The van der Waals surface area contributed by atoms with Crippen molar-refractivity contribution in [3.63, 3.8) is 0 Å². The van der Waals surface area contributed by atoms with Gasteiger partial charge in [-0.15, -0.1) is 0 Å². The molecule has 0 aliphatic carbocycles. The van der Waals surface area contributed by atoms with Crippen molar-refractivity contribution < 1.29 is 18.9 Å². The fraction of sp³-hybridized carbons (Fsp3) is 0.148. The first kappa shape index (κ1) is 24.1. The average molecular weight is 516 g/mol. The van der Waals surface area contributed by atoms with Gasteiger partial charge in [0.1, 0.15) is 17.3 Å². The number of hydrogen-bond donors (Lipinski definition) is 0. The smallest absolute Gasteiger partial charge is 0.271 e. The molecule has 186 valence electrons. The molecule has 0 N–H and O–H groups in total. The van der Waals surface area contributed by atoms with Crippen molar-refractivity contribution in [2.75, 3.05) is 7.11 Å². The van der Waals surface area contributed by atoms with Crippen molar-refractivity contribution in [1.82, 2.24) is 4.57 Å². The van der Waals surface area contributed by atoms with Gasteiger partial charge in [-0.05, 0) is 43.7 Å². The number of allylic oxidation sites excluding steroid dienone is 2. The quantitative estimate of drug-likeness (QED) is 0.283. The molecule has 0 radical (unpaired) electrons. The molecule has 4 aromatic rings. The number of benzene rings is 2. The molecule has 0 unspecified atom stereocenters. The normalized spacial score (nSPS) is 15.3. The van der Waals surface area contributed by atoms with Crippen LogP contribution in [-0.4, -0.2) is 22.4 Å². The van der Waals surface area contributed by atoms with Crippen LogP contribution in [0.3, 0.4) is 0 Å². The van der Waals surface area contributed by atoms with Crippen LogP contribution >= 0.6 is 11.3 Å². The Morgan fingerprint density at radius 2 is 1.95 bits per heavy atom. The predicted octanol–water partition coefficient (Wildman–Crippen LogP) is 4.00. The van der Waals surface area contributed by atoms with Crippen molar-refractivity contribution in [2.45, 2.75) is 19.9 Å². The lowest BCUT2D eigenvalue weighted by atomic mass is 9.93. The van der Waals surface area contributed by atoms with E-state index in [9.17, 15) is 19.7 Å². The molecule has 9 nitrogen and oxygen atoms in total. The molecule has 5 rings (SSSR count). The van der Waals surface area contributed by atoms with Crippen molar-refractivity contribution in [1.29, 1.82) is 0 Å². The third-order valence-corrected chi connectivity index (χ3v) is 7.06. The molecule has 2 aromatic heterocycles. The number of carbonyl (C=O) groups is 1. The molecule has 0 amide bonds. The molecule has 0 spiro atoms. The second-order valence-corrected chi connectivity index (χ2v) is 9.43. The number of ketones is 1. The zero-order valence-corrected chi connectivity index (χ0v) is 20.9. The predicted molar refractivity (Wildman–Crippen MR) is 138 cm³/mol. The SMILES string of the molecule is COc1ccc([C@@H]2C(C(C)=O)=C(C)N=c3s/c(=C/c4ccc(-c5cccc([N+](=O)[O-])c5)o4)c(=O)n32)cc1. The number of furan rings is 1. The van der Waals surface area contributed by atoms with Gasteiger partial charge in [-0.1, -0.05) is 35.6 Å². The first-order chi connectivity index (χ1) is 17.8. The molecule has 1 aliphatic heterocycles. The second kappa shape index (κ2) is 9.47. The molecule has 0 fully saturated rings. The fourth-order valence-electron chi connectivity index (χ4n) is 4.36. The standard InChI is InChI=1S/C27H21N3O6S/c1-15-24(16(2)31)25(17-7-9-20(35-3)10-8-17)29-26(32)23(37-27(29)28-15)14-21-11-12-22(36-21)18-5-4-6-19(13-18)30(33)34/h4-14,25H,1-3H3/b23-14+/t25-/m1/s1. The van der Waals surface area contributed by atoms with E-state index in [1.807, 2.05) is 12.1 Å². The monoisotopic (exact) mass is 515 g/mol. The Hall–Kier alpha value is -4.57. The lowest BCUT2D eigenvalue weighted by Crippen LogP contribution is -2.39. The highest BCUT2D eigenvalue weighted by molar-refractivity contribution is 7.07. The molecular weight excluding hydrogens is 494 g/mol. The van der Waals surface area contributed by atoms with E-state index in [2.05, 4.69) is 4.99 Å². The summed E-state index contributed by atoms with van der Waals surface area (Å²) in [4.78, 5) is 41.9. The van der Waals surface area contributed by atoms with E-state index in [1.54, 1.807) is 56.5 Å². The van der Waals surface area contributed by atoms with Crippen LogP contribution in [0.15, 0.2) is 86.1 Å². The summed E-state index contributed by atoms with van der Waals surface area (Å²) in [7, 11) is 1.57. The number of rotatable bonds is 6. The summed E-state index contributed by atoms with van der Waals surface area (Å²) >= 11 is 1.20. The summed E-state index contributed by atoms with van der Waals surface area (Å²) in [5.74, 6) is 1.35. The van der Waals surface area contributed by atoms with Crippen molar-refractivity contribution >= 4 is 28.9 Å². The largest absolute Gasteiger partial charge is 0.497 e. The Kier molecular flexibility index (Phi) is 6.18. The topological polar surface area (TPSA) is 117 Å². The van der Waals surface area contributed by atoms with Gasteiger partial charge in [0.15, 0.2) is 10.6 Å². The number of Topliss-reactive ketones (excluding diaryl/α,β-unsaturated/α-hetero) is 1. The Morgan fingerprint density at radius 3 is 2.62 bits per heavy atom. The van der Waals surface area contributed by atoms with E-state index in [1.165, 1.54) is 35.0 Å². The van der Waals surface area contributed by atoms with E-state index in [-0.39, 0.29) is 17.0 Å². The number of fused-ring (bicyclic) bond motifs is 1. The lowest BCUT2D eigenvalue weighted by molar-refractivity contribution is -0.384. The van der Waals surface area contributed by atoms with Gasteiger partial charge in [-0.2, -0.15) is 0 Å². The Morgan fingerprint density at radius 1 is 1.19 bits per heavy atom. The zero-order valence-electron chi connectivity index (χ0n) is 20.1. The van der Waals surface area contributed by atoms with Crippen LogP contribution in [0.25, 0.3) is 17.4 Å². The average Bonchev–Trinajstić information content (AvgIpc) is 3.47. The summed E-state index contributed by atoms with van der Waals surface area (Å²) in [5.41, 5.74) is 1.99. The summed E-state index contributed by atoms with van der Waals surface area (Å²) in [6.07, 6.45) is 1.61. The first-order valence-electron chi connectivity index (χ1n) is 11.3. The number of non-ortho nitro benzene ring substituents is 1. The summed E-state index contributed by atoms with van der Waals surface area (Å²) < 4.78 is 13.1. The molecule has 1 atom stereocenters. The highest BCUT2D eigenvalue weighted by Gasteiger charge is 2.30. The number of carbonyl (C=O) groups excluding carboxylic acids is 1. The Bertz CT molecular complexity index is 1760. The van der Waals surface area contributed by atoms with E-state index in [0.29, 0.717) is 43.4 Å². The highest BCUT2D eigenvalue weighted by Crippen LogP contribution is 2.31. The maximum absolute atomic E-state index is 13.6. The molecule has 2 aromatic carbocycles. The second-order valence-electron chi connectivity index (χ2n) is 8.42. The number of hydrogen-bond acceptors (Lipinski definition) is 8. The maximum atomic E-state index is 13.6. The van der Waals surface area contributed by atoms with Crippen molar-refractivity contribution in [3.8, 4) is 17.1 Å². The van der Waals surface area contributed by atoms with E-state index in [4.69, 9.17) is 9.15 Å². The fourth-order valence-corrected chi connectivity index (χ4v) is 5.39. The van der Waals surface area contributed by atoms with Crippen molar-refractivity contribution in [2.24, 2.45) is 4.99 Å². The highest BCUT2D eigenvalue weighted by atomic mass is 32.1. The zero-order chi connectivity index (χ0) is 26.3. The number of ether oxygens (including phenoxy) is 1. The minimum Gasteiger partial charge on any atom is -0.497 e. The van der Waals surface area contributed by atoms with Gasteiger partial charge in [-0.3, -0.25) is 24.3 Å². The van der Waals surface area contributed by atoms with Crippen LogP contribution in [0.2, 0.25) is 0 Å².